The van der Waals surface area contributed by atoms with Gasteiger partial charge in [-0.1, -0.05) is 19.9 Å². The van der Waals surface area contributed by atoms with Gasteiger partial charge in [0.15, 0.2) is 0 Å². The molecule has 0 amide bonds. The van der Waals surface area contributed by atoms with Crippen molar-refractivity contribution in [2.45, 2.75) is 33.6 Å². The van der Waals surface area contributed by atoms with Gasteiger partial charge in [-0.3, -0.25) is 4.79 Å². The molecule has 1 atom stereocenters. The van der Waals surface area contributed by atoms with Crippen molar-refractivity contribution in [3.63, 3.8) is 0 Å². The summed E-state index contributed by atoms with van der Waals surface area (Å²) in [7, 11) is 0. The van der Waals surface area contributed by atoms with E-state index in [2.05, 4.69) is 0 Å². The summed E-state index contributed by atoms with van der Waals surface area (Å²) < 4.78 is 18.1. The molecule has 0 spiro atoms. The fourth-order valence-corrected chi connectivity index (χ4v) is 1.98. The van der Waals surface area contributed by atoms with Crippen LogP contribution < -0.4 is 0 Å². The smallest absolute Gasteiger partial charge is 0.313 e. The van der Waals surface area contributed by atoms with Crippen molar-refractivity contribution in [2.24, 2.45) is 5.92 Å². The van der Waals surface area contributed by atoms with Crippen molar-refractivity contribution in [2.75, 3.05) is 6.61 Å². The Labute approximate surface area is 102 Å². The normalized spacial score (nSPS) is 12.6. The molecule has 0 N–H and O–H groups in total. The second-order valence-electron chi connectivity index (χ2n) is 4.47. The van der Waals surface area contributed by atoms with Crippen LogP contribution in [0.5, 0.6) is 0 Å². The molecule has 0 aliphatic rings. The Balaban J connectivity index is 3.10. The van der Waals surface area contributed by atoms with Crippen LogP contribution in [0.2, 0.25) is 0 Å². The van der Waals surface area contributed by atoms with Gasteiger partial charge in [-0.25, -0.2) is 4.39 Å². The van der Waals surface area contributed by atoms with E-state index in [-0.39, 0.29) is 23.6 Å². The molecule has 17 heavy (non-hydrogen) atoms. The van der Waals surface area contributed by atoms with Crippen molar-refractivity contribution in [3.05, 3.63) is 35.1 Å². The lowest BCUT2D eigenvalue weighted by molar-refractivity contribution is -0.146. The number of carbonyl (C=O) groups is 1. The van der Waals surface area contributed by atoms with Gasteiger partial charge in [-0.2, -0.15) is 0 Å². The van der Waals surface area contributed by atoms with Crippen LogP contribution >= 0.6 is 0 Å². The molecule has 1 unspecified atom stereocenters. The Morgan fingerprint density at radius 3 is 2.53 bits per heavy atom. The number of aryl methyl sites for hydroxylation is 1. The fraction of sp³-hybridized carbons (Fsp3) is 0.500. The molecule has 1 aromatic rings. The molecule has 0 aromatic heterocycles. The number of ether oxygens (including phenoxy) is 1. The van der Waals surface area contributed by atoms with E-state index in [0.717, 1.165) is 11.1 Å². The highest BCUT2D eigenvalue weighted by molar-refractivity contribution is 5.79. The predicted molar refractivity (Wildman–Crippen MR) is 65.3 cm³/mol. The minimum atomic E-state index is -0.324. The molecule has 0 radical (unpaired) electrons. The van der Waals surface area contributed by atoms with E-state index in [0.29, 0.717) is 6.61 Å². The lowest BCUT2D eigenvalue weighted by Gasteiger charge is -2.21. The molecule has 1 rings (SSSR count). The van der Waals surface area contributed by atoms with Gasteiger partial charge >= 0.3 is 5.97 Å². The standard InChI is InChI=1S/C14H19FO2/c1-5-17-14(16)13(9(2)3)12-7-6-11(15)8-10(12)4/h6-9,13H,5H2,1-4H3. The van der Waals surface area contributed by atoms with Gasteiger partial charge in [0, 0.05) is 0 Å². The zero-order valence-electron chi connectivity index (χ0n) is 10.8. The van der Waals surface area contributed by atoms with Crippen LogP contribution in [0.15, 0.2) is 18.2 Å². The van der Waals surface area contributed by atoms with Crippen molar-refractivity contribution in [1.29, 1.82) is 0 Å². The van der Waals surface area contributed by atoms with E-state index in [9.17, 15) is 9.18 Å². The minimum absolute atomic E-state index is 0.123. The van der Waals surface area contributed by atoms with Gasteiger partial charge in [0.1, 0.15) is 5.82 Å². The molecule has 0 heterocycles. The highest BCUT2D eigenvalue weighted by Crippen LogP contribution is 2.28. The molecule has 0 bridgehead atoms. The molecule has 94 valence electrons. The van der Waals surface area contributed by atoms with E-state index in [1.54, 1.807) is 13.0 Å². The summed E-state index contributed by atoms with van der Waals surface area (Å²) in [6.07, 6.45) is 0. The van der Waals surface area contributed by atoms with Crippen LogP contribution in [0.1, 0.15) is 37.8 Å². The number of rotatable bonds is 4. The minimum Gasteiger partial charge on any atom is -0.466 e. The number of benzene rings is 1. The summed E-state index contributed by atoms with van der Waals surface area (Å²) in [6.45, 7) is 7.89. The molecule has 0 aliphatic carbocycles. The molecule has 0 aliphatic heterocycles. The Morgan fingerprint density at radius 1 is 1.41 bits per heavy atom. The van der Waals surface area contributed by atoms with Crippen LogP contribution in [0.25, 0.3) is 0 Å². The number of carbonyl (C=O) groups excluding carboxylic acids is 1. The summed E-state index contributed by atoms with van der Waals surface area (Å²) in [5, 5.41) is 0. The zero-order valence-corrected chi connectivity index (χ0v) is 10.8. The van der Waals surface area contributed by atoms with Crippen molar-refractivity contribution >= 4 is 5.97 Å². The molecule has 1 aromatic carbocycles. The van der Waals surface area contributed by atoms with Crippen molar-refractivity contribution < 1.29 is 13.9 Å². The van der Waals surface area contributed by atoms with Crippen molar-refractivity contribution in [1.82, 2.24) is 0 Å². The maximum absolute atomic E-state index is 13.0. The SMILES string of the molecule is CCOC(=O)C(c1ccc(F)cc1C)C(C)C. The largest absolute Gasteiger partial charge is 0.466 e. The van der Waals surface area contributed by atoms with E-state index in [4.69, 9.17) is 4.74 Å². The van der Waals surface area contributed by atoms with Crippen LogP contribution in [-0.2, 0) is 9.53 Å². The molecule has 3 heteroatoms. The monoisotopic (exact) mass is 238 g/mol. The number of esters is 1. The third kappa shape index (κ3) is 3.29. The molecule has 0 fully saturated rings. The summed E-state index contributed by atoms with van der Waals surface area (Å²) in [5.41, 5.74) is 1.64. The number of hydrogen-bond acceptors (Lipinski definition) is 2. The van der Waals surface area contributed by atoms with Gasteiger partial charge in [0.05, 0.1) is 12.5 Å². The lowest BCUT2D eigenvalue weighted by atomic mass is 9.86. The molecule has 0 saturated carbocycles. The summed E-state index contributed by atoms with van der Waals surface area (Å²) in [4.78, 5) is 11.9. The summed E-state index contributed by atoms with van der Waals surface area (Å²) in [6, 6.07) is 4.51. The Kier molecular flexibility index (Phi) is 4.67. The van der Waals surface area contributed by atoms with E-state index >= 15 is 0 Å². The second kappa shape index (κ2) is 5.80. The Morgan fingerprint density at radius 2 is 2.06 bits per heavy atom. The van der Waals surface area contributed by atoms with Crippen LogP contribution in [0.4, 0.5) is 4.39 Å². The summed E-state index contributed by atoms with van der Waals surface area (Å²) in [5.74, 6) is -0.719. The maximum atomic E-state index is 13.0. The van der Waals surface area contributed by atoms with Gasteiger partial charge in [0.25, 0.3) is 0 Å². The average molecular weight is 238 g/mol. The van der Waals surface area contributed by atoms with Gasteiger partial charge in [-0.15, -0.1) is 0 Å². The predicted octanol–water partition coefficient (Wildman–Crippen LogP) is 3.44. The Bertz CT molecular complexity index is 399. The van der Waals surface area contributed by atoms with Crippen molar-refractivity contribution in [3.8, 4) is 0 Å². The van der Waals surface area contributed by atoms with Crippen LogP contribution in [-0.4, -0.2) is 12.6 Å². The maximum Gasteiger partial charge on any atom is 0.313 e. The first-order valence-electron chi connectivity index (χ1n) is 5.90. The second-order valence-corrected chi connectivity index (χ2v) is 4.47. The van der Waals surface area contributed by atoms with Gasteiger partial charge in [0.2, 0.25) is 0 Å². The average Bonchev–Trinajstić information content (AvgIpc) is 2.21. The van der Waals surface area contributed by atoms with E-state index in [1.165, 1.54) is 12.1 Å². The van der Waals surface area contributed by atoms with Gasteiger partial charge < -0.3 is 4.74 Å². The first-order chi connectivity index (χ1) is 7.97. The quantitative estimate of drug-likeness (QED) is 0.751. The van der Waals surface area contributed by atoms with Crippen LogP contribution in [0.3, 0.4) is 0 Å². The van der Waals surface area contributed by atoms with E-state index < -0.39 is 0 Å². The fourth-order valence-electron chi connectivity index (χ4n) is 1.98. The first-order valence-corrected chi connectivity index (χ1v) is 5.90. The molecular formula is C14H19FO2. The van der Waals surface area contributed by atoms with Crippen LogP contribution in [0, 0.1) is 18.7 Å². The molecule has 0 saturated heterocycles. The lowest BCUT2D eigenvalue weighted by Crippen LogP contribution is -2.21. The third-order valence-electron chi connectivity index (χ3n) is 2.77. The Hall–Kier alpha value is -1.38. The molecular weight excluding hydrogens is 219 g/mol. The summed E-state index contributed by atoms with van der Waals surface area (Å²) >= 11 is 0. The number of hydrogen-bond donors (Lipinski definition) is 0. The third-order valence-corrected chi connectivity index (χ3v) is 2.77. The van der Waals surface area contributed by atoms with E-state index in [1.807, 2.05) is 20.8 Å². The number of halogens is 1. The highest BCUT2D eigenvalue weighted by Gasteiger charge is 2.26. The molecule has 2 nitrogen and oxygen atoms in total. The topological polar surface area (TPSA) is 26.3 Å². The zero-order chi connectivity index (χ0) is 13.0. The highest BCUT2D eigenvalue weighted by atomic mass is 19.1. The first kappa shape index (κ1) is 13.7. The van der Waals surface area contributed by atoms with Gasteiger partial charge in [-0.05, 0) is 43.0 Å².